The van der Waals surface area contributed by atoms with Crippen LogP contribution in [0.15, 0.2) is 30.3 Å². The van der Waals surface area contributed by atoms with Crippen molar-refractivity contribution in [1.29, 1.82) is 0 Å². The Hall–Kier alpha value is -2.74. The number of hydrogen-bond acceptors (Lipinski definition) is 6. The number of benzene rings is 1. The Balaban J connectivity index is 2.30. The summed E-state index contributed by atoms with van der Waals surface area (Å²) in [6, 6.07) is 7.12. The second kappa shape index (κ2) is 7.01. The van der Waals surface area contributed by atoms with Crippen LogP contribution in [0.5, 0.6) is 0 Å². The molecule has 0 saturated carbocycles. The van der Waals surface area contributed by atoms with E-state index in [0.29, 0.717) is 10.6 Å². The molecule has 0 fully saturated rings. The lowest BCUT2D eigenvalue weighted by Gasteiger charge is -2.03. The van der Waals surface area contributed by atoms with Gasteiger partial charge in [-0.3, -0.25) is 4.79 Å². The monoisotopic (exact) mass is 337 g/mol. The molecule has 0 atom stereocenters. The zero-order valence-corrected chi connectivity index (χ0v) is 12.8. The van der Waals surface area contributed by atoms with E-state index in [1.165, 1.54) is 12.1 Å². The smallest absolute Gasteiger partial charge is 0.390 e. The molecule has 120 valence electrons. The van der Waals surface area contributed by atoms with Gasteiger partial charge in [-0.15, -0.1) is 0 Å². The Kier molecular flexibility index (Phi) is 5.07. The SMILES string of the molecule is CCOC(=O)c1cc([N+](=O)[O-])nn1CC(=O)c1ccc(Cl)cc1. The molecule has 1 aromatic heterocycles. The summed E-state index contributed by atoms with van der Waals surface area (Å²) in [7, 11) is 0. The third kappa shape index (κ3) is 3.92. The first-order valence-electron chi connectivity index (χ1n) is 6.60. The molecule has 0 bridgehead atoms. The van der Waals surface area contributed by atoms with Crippen molar-refractivity contribution >= 4 is 29.2 Å². The summed E-state index contributed by atoms with van der Waals surface area (Å²) in [6.45, 7) is 1.37. The third-order valence-electron chi connectivity index (χ3n) is 2.90. The number of nitrogens with zero attached hydrogens (tertiary/aromatic N) is 3. The average Bonchev–Trinajstić information content (AvgIpc) is 2.92. The summed E-state index contributed by atoms with van der Waals surface area (Å²) < 4.78 is 5.78. The van der Waals surface area contributed by atoms with E-state index in [2.05, 4.69) is 5.10 Å². The fourth-order valence-corrected chi connectivity index (χ4v) is 1.97. The van der Waals surface area contributed by atoms with Crippen LogP contribution in [0, 0.1) is 10.1 Å². The maximum Gasteiger partial charge on any atom is 0.390 e. The number of carbonyl (C=O) groups is 2. The van der Waals surface area contributed by atoms with Gasteiger partial charge in [-0.1, -0.05) is 11.6 Å². The fourth-order valence-electron chi connectivity index (χ4n) is 1.85. The van der Waals surface area contributed by atoms with E-state index < -0.39 is 16.7 Å². The maximum absolute atomic E-state index is 12.2. The topological polar surface area (TPSA) is 104 Å². The first-order valence-corrected chi connectivity index (χ1v) is 6.98. The molecule has 0 N–H and O–H groups in total. The van der Waals surface area contributed by atoms with Crippen LogP contribution in [0.2, 0.25) is 5.02 Å². The van der Waals surface area contributed by atoms with E-state index in [4.69, 9.17) is 16.3 Å². The molecule has 2 aromatic rings. The highest BCUT2D eigenvalue weighted by molar-refractivity contribution is 6.30. The van der Waals surface area contributed by atoms with Crippen LogP contribution in [0.25, 0.3) is 0 Å². The largest absolute Gasteiger partial charge is 0.461 e. The van der Waals surface area contributed by atoms with Gasteiger partial charge in [-0.25, -0.2) is 4.79 Å². The molecule has 0 radical (unpaired) electrons. The van der Waals surface area contributed by atoms with Gasteiger partial charge < -0.3 is 14.9 Å². The van der Waals surface area contributed by atoms with Crippen molar-refractivity contribution < 1.29 is 19.2 Å². The number of rotatable bonds is 6. The second-order valence-corrected chi connectivity index (χ2v) is 4.89. The molecule has 1 aromatic carbocycles. The molecule has 2 rings (SSSR count). The molecule has 9 heteroatoms. The number of carbonyl (C=O) groups excluding carboxylic acids is 2. The van der Waals surface area contributed by atoms with Crippen molar-refractivity contribution in [2.45, 2.75) is 13.5 Å². The minimum atomic E-state index is -0.781. The number of esters is 1. The van der Waals surface area contributed by atoms with E-state index in [1.54, 1.807) is 19.1 Å². The van der Waals surface area contributed by atoms with Crippen LogP contribution in [0.3, 0.4) is 0 Å². The lowest BCUT2D eigenvalue weighted by molar-refractivity contribution is -0.389. The summed E-state index contributed by atoms with van der Waals surface area (Å²) in [6.07, 6.45) is 0. The zero-order chi connectivity index (χ0) is 17.0. The van der Waals surface area contributed by atoms with E-state index in [1.807, 2.05) is 0 Å². The Labute approximate surface area is 135 Å². The predicted molar refractivity (Wildman–Crippen MR) is 80.6 cm³/mol. The van der Waals surface area contributed by atoms with Crippen LogP contribution in [-0.2, 0) is 11.3 Å². The molecule has 0 aliphatic rings. The predicted octanol–water partition coefficient (Wildman–Crippen LogP) is 2.50. The van der Waals surface area contributed by atoms with Gasteiger partial charge in [-0.05, 0) is 36.1 Å². The van der Waals surface area contributed by atoms with Crippen LogP contribution >= 0.6 is 11.6 Å². The molecular weight excluding hydrogens is 326 g/mol. The number of halogens is 1. The Morgan fingerprint density at radius 2 is 2.00 bits per heavy atom. The molecule has 0 amide bonds. The van der Waals surface area contributed by atoms with Crippen LogP contribution in [0.4, 0.5) is 5.82 Å². The van der Waals surface area contributed by atoms with E-state index >= 15 is 0 Å². The molecule has 0 saturated heterocycles. The van der Waals surface area contributed by atoms with Crippen molar-refractivity contribution in [2.75, 3.05) is 6.61 Å². The van der Waals surface area contributed by atoms with Crippen LogP contribution in [0.1, 0.15) is 27.8 Å². The van der Waals surface area contributed by atoms with Gasteiger partial charge in [0.05, 0.1) is 17.8 Å². The Morgan fingerprint density at radius 3 is 2.57 bits per heavy atom. The molecular formula is C14H12ClN3O5. The highest BCUT2D eigenvalue weighted by Gasteiger charge is 2.25. The van der Waals surface area contributed by atoms with Crippen LogP contribution < -0.4 is 0 Å². The number of hydrogen-bond donors (Lipinski definition) is 0. The zero-order valence-electron chi connectivity index (χ0n) is 12.1. The van der Waals surface area contributed by atoms with E-state index in [9.17, 15) is 19.7 Å². The first kappa shape index (κ1) is 16.6. The third-order valence-corrected chi connectivity index (χ3v) is 3.15. The standard InChI is InChI=1S/C14H12ClN3O5/c1-2-23-14(20)11-7-13(18(21)22)16-17(11)8-12(19)9-3-5-10(15)6-4-9/h3-7H,2,8H2,1H3. The molecule has 1 heterocycles. The normalized spacial score (nSPS) is 10.3. The van der Waals surface area contributed by atoms with Crippen molar-refractivity contribution in [1.82, 2.24) is 9.78 Å². The van der Waals surface area contributed by atoms with Gasteiger partial charge >= 0.3 is 11.8 Å². The summed E-state index contributed by atoms with van der Waals surface area (Å²) in [4.78, 5) is 34.1. The van der Waals surface area contributed by atoms with Gasteiger partial charge in [0.2, 0.25) is 0 Å². The summed E-state index contributed by atoms with van der Waals surface area (Å²) in [5, 5.41) is 15.0. The Bertz CT molecular complexity index is 754. The average molecular weight is 338 g/mol. The number of ether oxygens (including phenoxy) is 1. The van der Waals surface area contributed by atoms with Gasteiger partial charge in [0.15, 0.2) is 11.5 Å². The van der Waals surface area contributed by atoms with Gasteiger partial charge in [-0.2, -0.15) is 4.68 Å². The number of ketones is 1. The second-order valence-electron chi connectivity index (χ2n) is 4.45. The Morgan fingerprint density at radius 1 is 1.35 bits per heavy atom. The lowest BCUT2D eigenvalue weighted by Crippen LogP contribution is -2.18. The highest BCUT2D eigenvalue weighted by Crippen LogP contribution is 2.15. The highest BCUT2D eigenvalue weighted by atomic mass is 35.5. The van der Waals surface area contributed by atoms with Crippen LogP contribution in [-0.4, -0.2) is 33.1 Å². The molecule has 0 aliphatic heterocycles. The minimum Gasteiger partial charge on any atom is -0.461 e. The van der Waals surface area contributed by atoms with Crippen molar-refractivity contribution in [2.24, 2.45) is 0 Å². The number of Topliss-reactive ketones (excluding diaryl/α,β-unsaturated/α-hetero) is 1. The summed E-state index contributed by atoms with van der Waals surface area (Å²) >= 11 is 5.75. The number of nitro groups is 1. The molecule has 0 spiro atoms. The molecule has 23 heavy (non-hydrogen) atoms. The van der Waals surface area contributed by atoms with E-state index in [0.717, 1.165) is 10.7 Å². The van der Waals surface area contributed by atoms with Gasteiger partial charge in [0.1, 0.15) is 6.54 Å². The lowest BCUT2D eigenvalue weighted by atomic mass is 10.1. The minimum absolute atomic E-state index is 0.100. The first-order chi connectivity index (χ1) is 10.9. The van der Waals surface area contributed by atoms with Gasteiger partial charge in [0, 0.05) is 10.6 Å². The quantitative estimate of drug-likeness (QED) is 0.347. The van der Waals surface area contributed by atoms with Crippen molar-refractivity contribution in [3.63, 3.8) is 0 Å². The molecule has 8 nitrogen and oxygen atoms in total. The maximum atomic E-state index is 12.2. The van der Waals surface area contributed by atoms with Crippen molar-refractivity contribution in [3.05, 3.63) is 56.7 Å². The summed E-state index contributed by atoms with van der Waals surface area (Å²) in [5.41, 5.74) is 0.197. The molecule has 0 unspecified atom stereocenters. The summed E-state index contributed by atoms with van der Waals surface area (Å²) in [5.74, 6) is -1.68. The van der Waals surface area contributed by atoms with E-state index in [-0.39, 0.29) is 24.6 Å². The van der Waals surface area contributed by atoms with Crippen molar-refractivity contribution in [3.8, 4) is 0 Å². The fraction of sp³-hybridized carbons (Fsp3) is 0.214. The van der Waals surface area contributed by atoms with Gasteiger partial charge in [0.25, 0.3) is 0 Å². The number of aromatic nitrogens is 2. The molecule has 0 aliphatic carbocycles.